The third-order valence-corrected chi connectivity index (χ3v) is 0. The van der Waals surface area contributed by atoms with Gasteiger partial charge in [0.1, 0.15) is 0 Å². The molecule has 0 fully saturated rings. The Balaban J connectivity index is -0.0000000267. The Morgan fingerprint density at radius 2 is 0.545 bits per heavy atom. The molecule has 0 spiro atoms. The smallest absolute Gasteiger partial charge is 1.00 e. The Labute approximate surface area is 70.4 Å². The standard InChI is InChI=1S/Be.2H4O4Si.2H/c;2*1-5(2,3)4;;/h;2*1-4H;;/q+2;;;2*-1. The monoisotopic (exact) mass is 203 g/mol. The Hall–Kier alpha value is 0.283. The predicted octanol–water partition coefficient (Wildman–Crippen LogP) is -5.37. The summed E-state index contributed by atoms with van der Waals surface area (Å²) in [6.45, 7) is 0. The van der Waals surface area contributed by atoms with E-state index in [-0.39, 0.29) is 13.0 Å². The Bertz CT molecular complexity index is 63.1. The van der Waals surface area contributed by atoms with E-state index in [1.165, 1.54) is 0 Å². The summed E-state index contributed by atoms with van der Waals surface area (Å²) in [6, 6.07) is 0. The molecule has 8 N–H and O–H groups in total. The van der Waals surface area contributed by atoms with Crippen molar-refractivity contribution in [3.05, 3.63) is 0 Å². The fourth-order valence-electron chi connectivity index (χ4n) is 0. The first kappa shape index (κ1) is 17.4. The van der Waals surface area contributed by atoms with Crippen molar-refractivity contribution >= 4 is 28.2 Å². The molecule has 0 amide bonds. The first-order valence-electron chi connectivity index (χ1n) is 1.79. The molecule has 0 saturated heterocycles. The van der Waals surface area contributed by atoms with E-state index in [1.807, 2.05) is 0 Å². The van der Waals surface area contributed by atoms with Gasteiger partial charge in [0.25, 0.3) is 0 Å². The van der Waals surface area contributed by atoms with E-state index in [0.717, 1.165) is 0 Å². The Morgan fingerprint density at radius 1 is 0.545 bits per heavy atom. The van der Waals surface area contributed by atoms with Crippen molar-refractivity contribution < 1.29 is 41.2 Å². The number of rotatable bonds is 0. The van der Waals surface area contributed by atoms with Gasteiger partial charge in [-0.2, -0.15) is 0 Å². The maximum absolute atomic E-state index is 7.33. The molecule has 0 atom stereocenters. The van der Waals surface area contributed by atoms with Gasteiger partial charge in [0.2, 0.25) is 0 Å². The average molecular weight is 203 g/mol. The van der Waals surface area contributed by atoms with Crippen LogP contribution in [-0.4, -0.2) is 66.6 Å². The Morgan fingerprint density at radius 3 is 0.545 bits per heavy atom. The van der Waals surface area contributed by atoms with Crippen molar-refractivity contribution in [1.82, 2.24) is 0 Å². The topological polar surface area (TPSA) is 162 Å². The van der Waals surface area contributed by atoms with Crippen molar-refractivity contribution in [3.63, 3.8) is 0 Å². The fourth-order valence-corrected chi connectivity index (χ4v) is 0. The minimum atomic E-state index is -4.61. The molecule has 0 saturated carbocycles. The first-order chi connectivity index (χ1) is 4.00. The van der Waals surface area contributed by atoms with Gasteiger partial charge >= 0.3 is 28.2 Å². The molecule has 11 heavy (non-hydrogen) atoms. The minimum absolute atomic E-state index is 0. The summed E-state index contributed by atoms with van der Waals surface area (Å²) in [5.41, 5.74) is 0. The van der Waals surface area contributed by atoms with Gasteiger partial charge in [-0.15, -0.1) is 0 Å². The molecule has 0 heterocycles. The van der Waals surface area contributed by atoms with Gasteiger partial charge in [-0.25, -0.2) is 0 Å². The predicted molar refractivity (Wildman–Crippen MR) is 37.2 cm³/mol. The van der Waals surface area contributed by atoms with E-state index < -0.39 is 18.1 Å². The van der Waals surface area contributed by atoms with Gasteiger partial charge in [0.15, 0.2) is 0 Å². The molecule has 11 heteroatoms. The van der Waals surface area contributed by atoms with Crippen LogP contribution in [0.3, 0.4) is 0 Å². The van der Waals surface area contributed by atoms with Gasteiger partial charge in [0.05, 0.1) is 0 Å². The summed E-state index contributed by atoms with van der Waals surface area (Å²) in [5.74, 6) is 0. The van der Waals surface area contributed by atoms with Crippen molar-refractivity contribution in [3.8, 4) is 0 Å². The van der Waals surface area contributed by atoms with Gasteiger partial charge in [0, 0.05) is 0 Å². The van der Waals surface area contributed by atoms with E-state index in [1.54, 1.807) is 0 Å². The van der Waals surface area contributed by atoms with Crippen LogP contribution in [0.2, 0.25) is 0 Å². The molecule has 0 bridgehead atoms. The zero-order valence-corrected chi connectivity index (χ0v) is 7.28. The molecule has 0 aromatic rings. The van der Waals surface area contributed by atoms with E-state index in [9.17, 15) is 0 Å². The van der Waals surface area contributed by atoms with Crippen molar-refractivity contribution in [2.24, 2.45) is 0 Å². The summed E-state index contributed by atoms with van der Waals surface area (Å²) in [7, 11) is -9.22. The SMILES string of the molecule is O[Si](O)(O)O.O[Si](O)(O)O.[Be+2].[H-].[H-]. The maximum Gasteiger partial charge on any atom is 2.00 e. The third kappa shape index (κ3) is 8830. The molecule has 0 rings (SSSR count). The molecular weight excluding hydrogens is 193 g/mol. The van der Waals surface area contributed by atoms with E-state index >= 15 is 0 Å². The molecule has 68 valence electrons. The van der Waals surface area contributed by atoms with Gasteiger partial charge in [-0.05, 0) is 0 Å². The molecule has 0 aromatic carbocycles. The molecule has 0 unspecified atom stereocenters. The number of hydrogen-bond donors (Lipinski definition) is 8. The quantitative estimate of drug-likeness (QED) is 0.181. The van der Waals surface area contributed by atoms with Crippen LogP contribution in [0.25, 0.3) is 0 Å². The molecular formula is H10BeO8Si2. The third-order valence-electron chi connectivity index (χ3n) is 0. The minimum Gasteiger partial charge on any atom is -1.00 e. The van der Waals surface area contributed by atoms with Crippen LogP contribution in [0, 0.1) is 0 Å². The molecule has 0 aromatic heterocycles. The molecule has 0 radical (unpaired) electrons. The summed E-state index contributed by atoms with van der Waals surface area (Å²) in [4.78, 5) is 58.6. The largest absolute Gasteiger partial charge is 2.00 e. The van der Waals surface area contributed by atoms with Crippen LogP contribution < -0.4 is 0 Å². The Kier molecular flexibility index (Phi) is 9.28. The van der Waals surface area contributed by atoms with Crippen LogP contribution in [-0.2, 0) is 0 Å². The van der Waals surface area contributed by atoms with Gasteiger partial charge < -0.3 is 41.2 Å². The van der Waals surface area contributed by atoms with Crippen molar-refractivity contribution in [1.29, 1.82) is 0 Å². The van der Waals surface area contributed by atoms with Crippen LogP contribution in [0.5, 0.6) is 0 Å². The summed E-state index contributed by atoms with van der Waals surface area (Å²) < 4.78 is 0. The second-order valence-electron chi connectivity index (χ2n) is 1.20. The van der Waals surface area contributed by atoms with Crippen LogP contribution >= 0.6 is 0 Å². The average Bonchev–Trinajstić information content (AvgIpc) is 1.12. The normalized spacial score (nSPS) is 10.9. The zero-order valence-electron chi connectivity index (χ0n) is 7.28. The first-order valence-corrected chi connectivity index (χ1v) is 5.37. The summed E-state index contributed by atoms with van der Waals surface area (Å²) in [5, 5.41) is 0. The van der Waals surface area contributed by atoms with Gasteiger partial charge in [-0.3, -0.25) is 0 Å². The molecule has 0 aliphatic heterocycles. The second kappa shape index (κ2) is 5.87. The van der Waals surface area contributed by atoms with E-state index in [2.05, 4.69) is 0 Å². The van der Waals surface area contributed by atoms with Crippen LogP contribution in [0.15, 0.2) is 0 Å². The van der Waals surface area contributed by atoms with E-state index in [4.69, 9.17) is 38.4 Å². The summed E-state index contributed by atoms with van der Waals surface area (Å²) in [6.07, 6.45) is 0. The fraction of sp³-hybridized carbons (Fsp3) is 0. The molecule has 8 nitrogen and oxygen atoms in total. The van der Waals surface area contributed by atoms with E-state index in [0.29, 0.717) is 0 Å². The molecule has 0 aliphatic rings. The number of hydrogen-bond acceptors (Lipinski definition) is 8. The van der Waals surface area contributed by atoms with Crippen molar-refractivity contribution in [2.75, 3.05) is 0 Å². The molecule has 0 aliphatic carbocycles. The zero-order chi connectivity index (χ0) is 9.00. The van der Waals surface area contributed by atoms with Crippen LogP contribution in [0.4, 0.5) is 0 Å². The summed E-state index contributed by atoms with van der Waals surface area (Å²) >= 11 is 0. The second-order valence-corrected chi connectivity index (χ2v) is 3.60. The van der Waals surface area contributed by atoms with Gasteiger partial charge in [-0.1, -0.05) is 0 Å². The van der Waals surface area contributed by atoms with Crippen LogP contribution in [0.1, 0.15) is 2.85 Å². The van der Waals surface area contributed by atoms with Crippen molar-refractivity contribution in [2.45, 2.75) is 0 Å². The maximum atomic E-state index is 7.33.